The lowest BCUT2D eigenvalue weighted by Gasteiger charge is -2.33. The molecule has 606 valence electrons. The molecule has 12 N–H and O–H groups in total. The maximum Gasteiger partial charge on any atom is 0.251 e. The fourth-order valence-corrected chi connectivity index (χ4v) is 17.1. The molecule has 0 saturated heterocycles. The molecule has 16 nitrogen and oxygen atoms in total. The van der Waals surface area contributed by atoms with Crippen molar-refractivity contribution in [2.75, 3.05) is 0 Å². The molecule has 5 aliphatic carbocycles. The van der Waals surface area contributed by atoms with E-state index in [1.54, 1.807) is 18.2 Å². The summed E-state index contributed by atoms with van der Waals surface area (Å²) in [4.78, 5) is 51.9. The third kappa shape index (κ3) is 31.7. The van der Waals surface area contributed by atoms with E-state index in [0.29, 0.717) is 42.2 Å². The first kappa shape index (κ1) is 90.0. The number of nitrogens with one attached hydrogen (secondary N) is 4. The van der Waals surface area contributed by atoms with Crippen LogP contribution in [0, 0.1) is 36.4 Å². The van der Waals surface area contributed by atoms with Crippen LogP contribution in [0.2, 0.25) is 0 Å². The Morgan fingerprint density at radius 1 is 0.459 bits per heavy atom. The first-order chi connectivity index (χ1) is 52.1. The maximum atomic E-state index is 13.8. The first-order valence-electron chi connectivity index (χ1n) is 42.3. The predicted molar refractivity (Wildman–Crippen MR) is 443 cm³/mol. The Morgan fingerprint density at radius 3 is 1.34 bits per heavy atom. The van der Waals surface area contributed by atoms with Gasteiger partial charge in [-0.2, -0.15) is 0 Å². The third-order valence-corrected chi connectivity index (χ3v) is 22.5. The molecule has 0 radical (unpaired) electrons. The number of fused-ring (bicyclic) bond motifs is 2. The molecule has 4 fully saturated rings. The van der Waals surface area contributed by atoms with Gasteiger partial charge in [0.2, 0.25) is 0 Å². The van der Waals surface area contributed by atoms with Crippen molar-refractivity contribution in [1.29, 1.82) is 0 Å². The number of nitrogens with two attached hydrogens (primary N) is 4. The molecule has 5 aliphatic rings. The average Bonchev–Trinajstić information content (AvgIpc) is 1.48. The molecular weight excluding hydrogens is 1360 g/mol. The molecule has 10 atom stereocenters. The Bertz CT molecular complexity index is 3450. The molecule has 10 rings (SSSR count). The Morgan fingerprint density at radius 2 is 0.862 bits per heavy atom. The molecule has 4 amide bonds. The molecule has 6 unspecified atom stereocenters. The number of rotatable bonds is 33. The van der Waals surface area contributed by atoms with E-state index in [0.717, 1.165) is 55.9 Å². The van der Waals surface area contributed by atoms with Gasteiger partial charge in [0.25, 0.3) is 23.6 Å². The lowest BCUT2D eigenvalue weighted by Crippen LogP contribution is -2.55. The van der Waals surface area contributed by atoms with Gasteiger partial charge in [0, 0.05) is 42.3 Å². The van der Waals surface area contributed by atoms with E-state index >= 15 is 0 Å². The molecule has 5 aromatic carbocycles. The second kappa shape index (κ2) is 46.8. The number of hydrogen-bond donors (Lipinski definition) is 8. The maximum absolute atomic E-state index is 13.8. The van der Waals surface area contributed by atoms with Crippen LogP contribution >= 0.6 is 0 Å². The van der Waals surface area contributed by atoms with Crippen molar-refractivity contribution in [2.24, 2.45) is 46.6 Å². The summed E-state index contributed by atoms with van der Waals surface area (Å²) in [7, 11) is 0. The summed E-state index contributed by atoms with van der Waals surface area (Å²) >= 11 is 0. The Labute approximate surface area is 655 Å². The largest absolute Gasteiger partial charge is 0.364 e. The minimum atomic E-state index is -0.671. The van der Waals surface area contributed by atoms with Crippen LogP contribution in [-0.4, -0.2) is 108 Å². The van der Waals surface area contributed by atoms with Crippen molar-refractivity contribution in [2.45, 2.75) is 360 Å². The van der Waals surface area contributed by atoms with Crippen LogP contribution in [-0.2, 0) is 63.9 Å². The molecular formula is C92H143FN8O8. The van der Waals surface area contributed by atoms with Crippen molar-refractivity contribution in [3.05, 3.63) is 154 Å². The van der Waals surface area contributed by atoms with Crippen LogP contribution in [0.3, 0.4) is 0 Å². The minimum absolute atomic E-state index is 0.0148. The summed E-state index contributed by atoms with van der Waals surface area (Å²) in [6.45, 7) is 24.2. The van der Waals surface area contributed by atoms with Crippen LogP contribution < -0.4 is 44.2 Å². The van der Waals surface area contributed by atoms with Gasteiger partial charge in [-0.15, -0.1) is 0 Å². The standard InChI is InChI=1S/C24H34N2O2.C24H40N2O2.C22H35FN2O2.C22H34N2O2/c1-17(2)28-23(22(25)15-18-9-4-3-5-10-18)24(27)26-16-20-13-8-12-19-11-6-7-14-21(19)20;1-17(2)28-22(21(25)15-19-9-7-6-8-10-19)23(27)26-24(4,5)16-20-13-11-18(3)12-14-20;1-15(2)27-21(20(24)14-17-9-5-4-6-10-17)22(26)25-16(3)13-18-11-7-8-12-19(18)23;1-15(2)26-21(19(23)14-16-8-4-3-5-9-16)22(25)24-20-13-12-17-10-6-7-11-18(17)20/h6-8,11-14,17-18,22-23H,3-5,9-10,15-16,25H2,1-2H3,(H,26,27);11-14,17,19,21-22H,6-10,15-16,25H2,1-5H3,(H,26,27);7-8,11-12,15-17,20-21H,4-6,9-10,13-14,24H2,1-3H3,(H,25,26);6-7,10-11,15-16,19-21H,3-5,8-9,12-14,23H2,1-2H3,(H,24,25)/t22-,23?;21-,22?;16?,20-,21?;19-,20?,21?/m1111/s1. The zero-order valence-corrected chi connectivity index (χ0v) is 68.8. The van der Waals surface area contributed by atoms with Gasteiger partial charge in [-0.05, 0) is 203 Å². The molecule has 109 heavy (non-hydrogen) atoms. The van der Waals surface area contributed by atoms with Crippen molar-refractivity contribution in [3.63, 3.8) is 0 Å². The monoisotopic (exact) mass is 1510 g/mol. The number of benzene rings is 5. The van der Waals surface area contributed by atoms with Crippen LogP contribution in [0.4, 0.5) is 4.39 Å². The quantitative estimate of drug-likeness (QED) is 0.0195. The van der Waals surface area contributed by atoms with Gasteiger partial charge in [-0.25, -0.2) is 4.39 Å². The lowest BCUT2D eigenvalue weighted by molar-refractivity contribution is -0.139. The first-order valence-corrected chi connectivity index (χ1v) is 42.3. The molecule has 0 bridgehead atoms. The summed E-state index contributed by atoms with van der Waals surface area (Å²) in [5.41, 5.74) is 32.2. The van der Waals surface area contributed by atoms with Gasteiger partial charge in [-0.1, -0.05) is 243 Å². The highest BCUT2D eigenvalue weighted by molar-refractivity contribution is 5.87. The van der Waals surface area contributed by atoms with E-state index in [4.69, 9.17) is 41.9 Å². The highest BCUT2D eigenvalue weighted by atomic mass is 19.1. The number of hydrogen-bond acceptors (Lipinski definition) is 12. The number of halogens is 1. The smallest absolute Gasteiger partial charge is 0.251 e. The van der Waals surface area contributed by atoms with Gasteiger partial charge in [0.1, 0.15) is 5.82 Å². The summed E-state index contributed by atoms with van der Waals surface area (Å²) in [5, 5.41) is 14.8. The summed E-state index contributed by atoms with van der Waals surface area (Å²) in [6, 6.07) is 36.7. The molecule has 0 aliphatic heterocycles. The highest BCUT2D eigenvalue weighted by Crippen LogP contribution is 2.35. The van der Waals surface area contributed by atoms with Gasteiger partial charge in [0.15, 0.2) is 24.4 Å². The molecule has 0 aromatic heterocycles. The van der Waals surface area contributed by atoms with Gasteiger partial charge >= 0.3 is 0 Å². The van der Waals surface area contributed by atoms with Gasteiger partial charge in [0.05, 0.1) is 30.5 Å². The van der Waals surface area contributed by atoms with Crippen LogP contribution in [0.25, 0.3) is 10.8 Å². The molecule has 0 heterocycles. The minimum Gasteiger partial charge on any atom is -0.364 e. The SMILES string of the molecule is CC(C)OC(C(=O)NC1CCc2ccccc21)[C@H](N)CC1CCCCC1.CC(C)OC(C(=O)NCc1cccc2ccccc12)[C@H](N)CC1CCCCC1.CC(Cc1ccccc1F)NC(=O)C(OC(C)C)[C@H](N)CC1CCCCC1.Cc1ccc(CC(C)(C)NC(=O)C(OC(C)C)[C@H](N)CC2CCCCC2)cc1. The Balaban J connectivity index is 0.000000202. The van der Waals surface area contributed by atoms with Crippen molar-refractivity contribution in [3.8, 4) is 0 Å². The molecule has 4 saturated carbocycles. The lowest BCUT2D eigenvalue weighted by atomic mass is 9.83. The van der Waals surface area contributed by atoms with E-state index in [1.807, 2.05) is 86.6 Å². The number of amides is 4. The number of carbonyl (C=O) groups is 4. The fourth-order valence-electron chi connectivity index (χ4n) is 17.1. The van der Waals surface area contributed by atoms with Gasteiger partial charge in [-0.3, -0.25) is 19.2 Å². The number of aryl methyl sites for hydroxylation is 2. The van der Waals surface area contributed by atoms with E-state index in [-0.39, 0.29) is 95.7 Å². The Kier molecular flexibility index (Phi) is 38.6. The van der Waals surface area contributed by atoms with E-state index in [2.05, 4.69) is 109 Å². The van der Waals surface area contributed by atoms with Crippen molar-refractivity contribution < 1.29 is 42.5 Å². The predicted octanol–water partition coefficient (Wildman–Crippen LogP) is 16.9. The summed E-state index contributed by atoms with van der Waals surface area (Å²) in [6.07, 6.45) is 29.2. The fraction of sp³-hybridized carbons (Fsp3) is 0.652. The van der Waals surface area contributed by atoms with E-state index in [1.165, 1.54) is 162 Å². The van der Waals surface area contributed by atoms with Crippen LogP contribution in [0.1, 0.15) is 276 Å². The van der Waals surface area contributed by atoms with Crippen LogP contribution in [0.15, 0.2) is 115 Å². The molecule has 0 spiro atoms. The Hall–Kier alpha value is -6.15. The molecule has 17 heteroatoms. The third-order valence-electron chi connectivity index (χ3n) is 22.5. The highest BCUT2D eigenvalue weighted by Gasteiger charge is 2.37. The van der Waals surface area contributed by atoms with Gasteiger partial charge < -0.3 is 63.1 Å². The van der Waals surface area contributed by atoms with Crippen LogP contribution in [0.5, 0.6) is 0 Å². The topological polar surface area (TPSA) is 257 Å². The zero-order valence-electron chi connectivity index (χ0n) is 68.8. The zero-order chi connectivity index (χ0) is 79.0. The number of carbonyl (C=O) groups excluding carboxylic acids is 4. The number of ether oxygens (including phenoxy) is 4. The normalized spacial score (nSPS) is 19.3. The second-order valence-electron chi connectivity index (χ2n) is 34.4. The molecule has 5 aromatic rings. The van der Waals surface area contributed by atoms with Crippen molar-refractivity contribution in [1.82, 2.24) is 21.3 Å². The van der Waals surface area contributed by atoms with E-state index in [9.17, 15) is 23.6 Å². The summed E-state index contributed by atoms with van der Waals surface area (Å²) < 4.78 is 37.6. The average molecular weight is 1510 g/mol. The second-order valence-corrected chi connectivity index (χ2v) is 34.4. The van der Waals surface area contributed by atoms with E-state index < -0.39 is 24.4 Å². The summed E-state index contributed by atoms with van der Waals surface area (Å²) in [5.74, 6) is 1.76. The van der Waals surface area contributed by atoms with Crippen molar-refractivity contribution >= 4 is 34.4 Å².